The summed E-state index contributed by atoms with van der Waals surface area (Å²) in [6, 6.07) is 14.9. The molecule has 1 saturated heterocycles. The van der Waals surface area contributed by atoms with E-state index in [9.17, 15) is 0 Å². The van der Waals surface area contributed by atoms with Crippen LogP contribution in [0.1, 0.15) is 51.2 Å². The van der Waals surface area contributed by atoms with Gasteiger partial charge in [0.1, 0.15) is 0 Å². The normalized spacial score (nSPS) is 17.0. The summed E-state index contributed by atoms with van der Waals surface area (Å²) in [5.41, 5.74) is 10.2. The van der Waals surface area contributed by atoms with Crippen LogP contribution in [0.15, 0.2) is 42.5 Å². The van der Waals surface area contributed by atoms with E-state index >= 15 is 0 Å². The van der Waals surface area contributed by atoms with Crippen molar-refractivity contribution in [3.05, 3.63) is 53.9 Å². The summed E-state index contributed by atoms with van der Waals surface area (Å²) in [5.74, 6) is 1.35. The van der Waals surface area contributed by atoms with Crippen molar-refractivity contribution in [1.82, 2.24) is 19.4 Å². The molecule has 1 aromatic carbocycles. The second-order valence-corrected chi connectivity index (χ2v) is 9.43. The monoisotopic (exact) mass is 468 g/mol. The maximum absolute atomic E-state index is 6.31. The Balaban J connectivity index is 0.00000324. The Morgan fingerprint density at radius 3 is 2.50 bits per heavy atom. The molecule has 8 heteroatoms. The zero-order valence-electron chi connectivity index (χ0n) is 20.9. The Kier molecular flexibility index (Phi) is 9.02. The lowest BCUT2D eigenvalue weighted by atomic mass is 10.0. The number of hydrogen-bond acceptors (Lipinski definition) is 6. The molecule has 3 aromatic rings. The van der Waals surface area contributed by atoms with Gasteiger partial charge in [-0.25, -0.2) is 4.98 Å². The number of piperidine rings is 1. The third-order valence-corrected chi connectivity index (χ3v) is 6.56. The van der Waals surface area contributed by atoms with E-state index in [1.54, 1.807) is 0 Å². The number of benzene rings is 1. The molecular formula is C26H40N6O2. The number of rotatable bonds is 9. The zero-order valence-corrected chi connectivity index (χ0v) is 20.9. The second-order valence-electron chi connectivity index (χ2n) is 9.43. The quantitative estimate of drug-likeness (QED) is 0.498. The Hall–Kier alpha value is -2.52. The molecule has 186 valence electrons. The highest BCUT2D eigenvalue weighted by molar-refractivity contribution is 5.79. The highest BCUT2D eigenvalue weighted by atomic mass is 16.5. The van der Waals surface area contributed by atoms with E-state index in [1.165, 1.54) is 0 Å². The van der Waals surface area contributed by atoms with Crippen molar-refractivity contribution in [2.75, 3.05) is 31.6 Å². The highest BCUT2D eigenvalue weighted by Crippen LogP contribution is 2.30. The fourth-order valence-electron chi connectivity index (χ4n) is 4.49. The van der Waals surface area contributed by atoms with E-state index in [1.807, 2.05) is 44.2 Å². The van der Waals surface area contributed by atoms with Gasteiger partial charge in [-0.15, -0.1) is 0 Å². The minimum absolute atomic E-state index is 0. The number of para-hydroxylation sites is 2. The molecule has 5 N–H and O–H groups in total. The standard InChI is InChI=1S/C26H38N6O.H2O/c1-5-33-25(23-11-8-9-19(4)28-23)32-24-12-7-6-10-22(24)30-26(32)29-20-13-15-31(16-14-20)17-21(27)18(2)3;/h6-12,18,20-21,25H,5,13-17,27H2,1-4H3,(H,29,30);1H2. The van der Waals surface area contributed by atoms with Crippen molar-refractivity contribution in [2.45, 2.75) is 58.8 Å². The number of aromatic nitrogens is 3. The van der Waals surface area contributed by atoms with Crippen LogP contribution in [0.25, 0.3) is 11.0 Å². The largest absolute Gasteiger partial charge is 0.412 e. The average Bonchev–Trinajstić information content (AvgIpc) is 3.16. The summed E-state index contributed by atoms with van der Waals surface area (Å²) >= 11 is 0. The van der Waals surface area contributed by atoms with Gasteiger partial charge in [0.2, 0.25) is 5.95 Å². The number of ether oxygens (including phenoxy) is 1. The number of nitrogens with one attached hydrogen (secondary N) is 1. The molecule has 3 heterocycles. The van der Waals surface area contributed by atoms with Crippen LogP contribution < -0.4 is 11.1 Å². The van der Waals surface area contributed by atoms with Crippen molar-refractivity contribution in [1.29, 1.82) is 0 Å². The van der Waals surface area contributed by atoms with Gasteiger partial charge in [-0.3, -0.25) is 9.55 Å². The number of likely N-dealkylation sites (tertiary alicyclic amines) is 1. The summed E-state index contributed by atoms with van der Waals surface area (Å²) in [7, 11) is 0. The van der Waals surface area contributed by atoms with Gasteiger partial charge in [0.25, 0.3) is 0 Å². The summed E-state index contributed by atoms with van der Waals surface area (Å²) in [6.07, 6.45) is 1.79. The first-order chi connectivity index (χ1) is 16.0. The van der Waals surface area contributed by atoms with Gasteiger partial charge in [0.05, 0.1) is 16.7 Å². The molecule has 2 aromatic heterocycles. The van der Waals surface area contributed by atoms with E-state index in [0.717, 1.165) is 60.8 Å². The minimum atomic E-state index is -0.339. The molecule has 1 aliphatic rings. The first kappa shape index (κ1) is 26.1. The summed E-state index contributed by atoms with van der Waals surface area (Å²) < 4.78 is 8.42. The fourth-order valence-corrected chi connectivity index (χ4v) is 4.49. The summed E-state index contributed by atoms with van der Waals surface area (Å²) in [5, 5.41) is 3.74. The number of aryl methyl sites for hydroxylation is 1. The molecule has 0 bridgehead atoms. The van der Waals surface area contributed by atoms with Gasteiger partial charge in [-0.05, 0) is 56.9 Å². The van der Waals surface area contributed by atoms with Crippen LogP contribution >= 0.6 is 0 Å². The first-order valence-corrected chi connectivity index (χ1v) is 12.2. The molecule has 0 spiro atoms. The Bertz CT molecular complexity index is 1040. The molecule has 34 heavy (non-hydrogen) atoms. The van der Waals surface area contributed by atoms with Crippen LogP contribution in [0, 0.1) is 12.8 Å². The van der Waals surface area contributed by atoms with Crippen molar-refractivity contribution < 1.29 is 10.2 Å². The molecule has 4 rings (SSSR count). The van der Waals surface area contributed by atoms with Gasteiger partial charge >= 0.3 is 0 Å². The zero-order chi connectivity index (χ0) is 23.4. The minimum Gasteiger partial charge on any atom is -0.412 e. The molecule has 0 saturated carbocycles. The highest BCUT2D eigenvalue weighted by Gasteiger charge is 2.26. The van der Waals surface area contributed by atoms with Crippen molar-refractivity contribution in [2.24, 2.45) is 11.7 Å². The number of anilines is 1. The molecule has 2 unspecified atom stereocenters. The SMILES string of the molecule is CCOC(c1cccc(C)n1)n1c(NC2CCN(CC(N)C(C)C)CC2)nc2ccccc21.O. The number of nitrogens with two attached hydrogens (primary N) is 1. The maximum atomic E-state index is 6.31. The second kappa shape index (κ2) is 11.8. The topological polar surface area (TPSA) is 113 Å². The van der Waals surface area contributed by atoms with Crippen LogP contribution in [-0.2, 0) is 4.74 Å². The summed E-state index contributed by atoms with van der Waals surface area (Å²) in [6.45, 7) is 12.1. The number of fused-ring (bicyclic) bond motifs is 1. The van der Waals surface area contributed by atoms with Gasteiger partial charge < -0.3 is 26.2 Å². The third kappa shape index (κ3) is 5.93. The van der Waals surface area contributed by atoms with E-state index in [4.69, 9.17) is 20.4 Å². The van der Waals surface area contributed by atoms with E-state index < -0.39 is 0 Å². The van der Waals surface area contributed by atoms with E-state index in [-0.39, 0.29) is 17.7 Å². The number of nitrogens with zero attached hydrogens (tertiary/aromatic N) is 4. The Morgan fingerprint density at radius 2 is 1.82 bits per heavy atom. The lowest BCUT2D eigenvalue weighted by Crippen LogP contribution is -2.46. The van der Waals surface area contributed by atoms with E-state index in [2.05, 4.69) is 40.8 Å². The van der Waals surface area contributed by atoms with Crippen molar-refractivity contribution in [3.63, 3.8) is 0 Å². The van der Waals surface area contributed by atoms with Gasteiger partial charge in [0.15, 0.2) is 6.23 Å². The van der Waals surface area contributed by atoms with Gasteiger partial charge in [-0.2, -0.15) is 0 Å². The maximum Gasteiger partial charge on any atom is 0.206 e. The lowest BCUT2D eigenvalue weighted by Gasteiger charge is -2.35. The number of hydrogen-bond donors (Lipinski definition) is 2. The van der Waals surface area contributed by atoms with Crippen LogP contribution in [0.2, 0.25) is 0 Å². The van der Waals surface area contributed by atoms with Crippen LogP contribution in [0.3, 0.4) is 0 Å². The van der Waals surface area contributed by atoms with Crippen LogP contribution in [0.5, 0.6) is 0 Å². The van der Waals surface area contributed by atoms with Crippen molar-refractivity contribution >= 4 is 17.0 Å². The smallest absolute Gasteiger partial charge is 0.206 e. The third-order valence-electron chi connectivity index (χ3n) is 6.56. The molecular weight excluding hydrogens is 428 g/mol. The first-order valence-electron chi connectivity index (χ1n) is 12.2. The lowest BCUT2D eigenvalue weighted by molar-refractivity contribution is 0.0419. The molecule has 1 fully saturated rings. The molecule has 0 radical (unpaired) electrons. The number of pyridine rings is 1. The molecule has 0 aliphatic carbocycles. The average molecular weight is 469 g/mol. The van der Waals surface area contributed by atoms with Crippen molar-refractivity contribution in [3.8, 4) is 0 Å². The van der Waals surface area contributed by atoms with Crippen LogP contribution in [-0.4, -0.2) is 63.2 Å². The summed E-state index contributed by atoms with van der Waals surface area (Å²) in [4.78, 5) is 12.2. The predicted octanol–water partition coefficient (Wildman–Crippen LogP) is 3.36. The molecule has 0 amide bonds. The van der Waals surface area contributed by atoms with E-state index in [0.29, 0.717) is 18.6 Å². The molecule has 1 aliphatic heterocycles. The Labute approximate surface area is 202 Å². The number of imidazole rings is 1. The fraction of sp³-hybridized carbons (Fsp3) is 0.538. The molecule has 2 atom stereocenters. The van der Waals surface area contributed by atoms with Crippen LogP contribution in [0.4, 0.5) is 5.95 Å². The van der Waals surface area contributed by atoms with Gasteiger partial charge in [-0.1, -0.05) is 32.0 Å². The predicted molar refractivity (Wildman–Crippen MR) is 138 cm³/mol. The van der Waals surface area contributed by atoms with Gasteiger partial charge in [0, 0.05) is 44.0 Å². The Morgan fingerprint density at radius 1 is 1.09 bits per heavy atom. The molecule has 8 nitrogen and oxygen atoms in total.